The number of amides is 1. The summed E-state index contributed by atoms with van der Waals surface area (Å²) in [7, 11) is 0. The zero-order valence-electron chi connectivity index (χ0n) is 31.2. The summed E-state index contributed by atoms with van der Waals surface area (Å²) in [5.41, 5.74) is 17.7. The molecule has 6 rings (SSSR count). The van der Waals surface area contributed by atoms with E-state index in [-0.39, 0.29) is 25.7 Å². The number of nitrogens with two attached hydrogens (primary N) is 1. The number of nitrogens with zero attached hydrogens (tertiary/aromatic N) is 3. The number of carbonyl (C=O) groups excluding carboxylic acids is 2. The number of primary amides is 1. The highest BCUT2D eigenvalue weighted by Gasteiger charge is 2.55. The van der Waals surface area contributed by atoms with Gasteiger partial charge in [0.25, 0.3) is 0 Å². The van der Waals surface area contributed by atoms with E-state index in [2.05, 4.69) is 10.0 Å². The largest absolute Gasteiger partial charge is 0.456 e. The minimum atomic E-state index is -1.41. The van der Waals surface area contributed by atoms with E-state index >= 15 is 0 Å². The topological polar surface area (TPSA) is 174 Å². The normalized spacial score (nSPS) is 27.5. The number of hydrogen-bond donors (Lipinski definition) is 1. The van der Waals surface area contributed by atoms with Crippen LogP contribution in [0.1, 0.15) is 30.5 Å². The highest BCUT2D eigenvalue weighted by molar-refractivity contribution is 7.99. The van der Waals surface area contributed by atoms with Crippen molar-refractivity contribution in [2.75, 3.05) is 6.61 Å². The van der Waals surface area contributed by atoms with Crippen LogP contribution in [-0.4, -0.2) is 72.9 Å². The van der Waals surface area contributed by atoms with E-state index in [4.69, 9.17) is 38.9 Å². The van der Waals surface area contributed by atoms with Crippen LogP contribution < -0.4 is 5.73 Å². The van der Waals surface area contributed by atoms with E-state index < -0.39 is 66.3 Å². The molecule has 4 aromatic carbocycles. The first kappa shape index (κ1) is 40.9. The number of azide groups is 1. The second kappa shape index (κ2) is 20.4. The Morgan fingerprint density at radius 3 is 1.82 bits per heavy atom. The Kier molecular flexibility index (Phi) is 14.9. The lowest BCUT2D eigenvalue weighted by Crippen LogP contribution is -2.65. The molecule has 0 aromatic heterocycles. The van der Waals surface area contributed by atoms with Crippen LogP contribution in [0.25, 0.3) is 10.4 Å². The van der Waals surface area contributed by atoms with E-state index in [0.29, 0.717) is 6.61 Å². The van der Waals surface area contributed by atoms with Crippen molar-refractivity contribution in [2.24, 2.45) is 16.8 Å². The van der Waals surface area contributed by atoms with Gasteiger partial charge in [-0.25, -0.2) is 0 Å². The van der Waals surface area contributed by atoms with Crippen LogP contribution in [0.4, 0.5) is 0 Å². The molecule has 0 spiro atoms. The fraction of sp³-hybridized carbons (Fsp3) is 0.381. The molecule has 4 unspecified atom stereocenters. The average molecular weight is 783 g/mol. The Morgan fingerprint density at radius 2 is 1.29 bits per heavy atom. The smallest absolute Gasteiger partial charge is 0.303 e. The number of esters is 1. The molecular weight excluding hydrogens is 737 g/mol. The van der Waals surface area contributed by atoms with Crippen molar-refractivity contribution in [1.29, 1.82) is 0 Å². The van der Waals surface area contributed by atoms with Crippen LogP contribution in [0, 0.1) is 5.92 Å². The second-order valence-electron chi connectivity index (χ2n) is 13.6. The average Bonchev–Trinajstić information content (AvgIpc) is 3.21. The molecule has 14 heteroatoms. The van der Waals surface area contributed by atoms with Crippen LogP contribution >= 0.6 is 11.8 Å². The lowest BCUT2D eigenvalue weighted by Gasteiger charge is -2.48. The van der Waals surface area contributed by atoms with Crippen molar-refractivity contribution in [2.45, 2.75) is 93.0 Å². The number of carbonyl (C=O) groups is 2. The summed E-state index contributed by atoms with van der Waals surface area (Å²) in [4.78, 5) is 30.0. The Morgan fingerprint density at radius 1 is 0.750 bits per heavy atom. The van der Waals surface area contributed by atoms with E-state index in [1.165, 1.54) is 18.7 Å². The Hall–Kier alpha value is -4.76. The van der Waals surface area contributed by atoms with Crippen LogP contribution in [0.5, 0.6) is 0 Å². The van der Waals surface area contributed by atoms with E-state index in [9.17, 15) is 15.1 Å². The molecule has 13 nitrogen and oxygen atoms in total. The SMILES string of the molecule is CC(=O)OC1[C@@H](OCc2ccccc2)[C@@H](O[C@@H]2OC(COCc3ccccc3)[C@H](C)[C@H](OCc3ccccc3)C2N=[N+]=[N-])C(C(N)=O)O[C@H]1Sc1ccccc1. The number of thioether (sulfide) groups is 1. The molecule has 2 fully saturated rings. The third-order valence-corrected chi connectivity index (χ3v) is 10.7. The molecule has 2 N–H and O–H groups in total. The van der Waals surface area contributed by atoms with Crippen LogP contribution in [-0.2, 0) is 62.6 Å². The van der Waals surface area contributed by atoms with Gasteiger partial charge in [-0.2, -0.15) is 0 Å². The number of rotatable bonds is 17. The van der Waals surface area contributed by atoms with E-state index in [1.54, 1.807) is 0 Å². The first-order chi connectivity index (χ1) is 27.3. The third-order valence-electron chi connectivity index (χ3n) is 9.54. The quantitative estimate of drug-likeness (QED) is 0.0524. The molecule has 1 amide bonds. The molecule has 4 aromatic rings. The lowest BCUT2D eigenvalue weighted by atomic mass is 9.89. The molecule has 56 heavy (non-hydrogen) atoms. The summed E-state index contributed by atoms with van der Waals surface area (Å²) in [6, 6.07) is 37.0. The van der Waals surface area contributed by atoms with Crippen molar-refractivity contribution in [3.05, 3.63) is 148 Å². The highest BCUT2D eigenvalue weighted by atomic mass is 32.2. The molecule has 2 aliphatic heterocycles. The number of hydrogen-bond acceptors (Lipinski definition) is 11. The predicted molar refractivity (Wildman–Crippen MR) is 207 cm³/mol. The lowest BCUT2D eigenvalue weighted by molar-refractivity contribution is -0.312. The first-order valence-corrected chi connectivity index (χ1v) is 19.3. The molecule has 2 saturated heterocycles. The van der Waals surface area contributed by atoms with Crippen molar-refractivity contribution in [3.63, 3.8) is 0 Å². The van der Waals surface area contributed by atoms with Crippen molar-refractivity contribution >= 4 is 23.6 Å². The van der Waals surface area contributed by atoms with Gasteiger partial charge in [-0.05, 0) is 34.4 Å². The van der Waals surface area contributed by atoms with Gasteiger partial charge in [-0.3, -0.25) is 9.59 Å². The van der Waals surface area contributed by atoms with Crippen LogP contribution in [0.2, 0.25) is 0 Å². The van der Waals surface area contributed by atoms with Gasteiger partial charge in [0.15, 0.2) is 18.5 Å². The van der Waals surface area contributed by atoms with Crippen molar-refractivity contribution < 1.29 is 42.7 Å². The minimum absolute atomic E-state index is 0.0679. The third kappa shape index (κ3) is 11.0. The summed E-state index contributed by atoms with van der Waals surface area (Å²) in [6.45, 7) is 3.97. The van der Waals surface area contributed by atoms with E-state index in [1.807, 2.05) is 128 Å². The molecule has 0 aliphatic carbocycles. The summed E-state index contributed by atoms with van der Waals surface area (Å²) < 4.78 is 44.9. The van der Waals surface area contributed by atoms with Crippen LogP contribution in [0.3, 0.4) is 0 Å². The number of benzene rings is 4. The maximum absolute atomic E-state index is 13.4. The molecule has 2 heterocycles. The zero-order chi connectivity index (χ0) is 39.3. The summed E-state index contributed by atoms with van der Waals surface area (Å²) in [5.74, 6) is -1.78. The van der Waals surface area contributed by atoms with Gasteiger partial charge < -0.3 is 38.9 Å². The number of ether oxygens (including phenoxy) is 7. The highest BCUT2D eigenvalue weighted by Crippen LogP contribution is 2.40. The maximum Gasteiger partial charge on any atom is 0.303 e. The fourth-order valence-corrected chi connectivity index (χ4v) is 7.87. The Balaban J connectivity index is 1.34. The fourth-order valence-electron chi connectivity index (χ4n) is 6.77. The van der Waals surface area contributed by atoms with Gasteiger partial charge in [0, 0.05) is 22.6 Å². The molecule has 0 saturated carbocycles. The van der Waals surface area contributed by atoms with Gasteiger partial charge >= 0.3 is 5.97 Å². The van der Waals surface area contributed by atoms with Crippen LogP contribution in [0.15, 0.2) is 131 Å². The minimum Gasteiger partial charge on any atom is -0.456 e. The molecule has 294 valence electrons. The summed E-state index contributed by atoms with van der Waals surface area (Å²) in [5, 5.41) is 4.14. The first-order valence-electron chi connectivity index (χ1n) is 18.4. The molecule has 0 radical (unpaired) electrons. The standard InChI is InChI=1S/C42H46N4O9S/c1-27-33(26-49-23-29-15-7-3-8-16-29)53-41(34(45-46-44)35(27)50-24-30-17-9-4-10-18-30)54-37-36(51-25-31-19-11-5-12-20-31)39(52-28(2)47)42(55-38(37)40(43)48)56-32-21-13-6-14-22-32/h3-22,27,33-39,41-42H,23-26H2,1-2H3,(H2,43,48)/t27-,33?,34?,35-,36-,37+,38?,39?,41-,42-/m0/s1. The Bertz CT molecular complexity index is 1870. The van der Waals surface area contributed by atoms with Gasteiger partial charge in [-0.15, -0.1) is 0 Å². The van der Waals surface area contributed by atoms with Gasteiger partial charge in [0.05, 0.1) is 38.6 Å². The van der Waals surface area contributed by atoms with Crippen molar-refractivity contribution in [3.8, 4) is 0 Å². The van der Waals surface area contributed by atoms with Gasteiger partial charge in [0.1, 0.15) is 23.7 Å². The zero-order valence-corrected chi connectivity index (χ0v) is 32.0. The molecule has 2 aliphatic rings. The molecule has 10 atom stereocenters. The predicted octanol–water partition coefficient (Wildman–Crippen LogP) is 6.73. The maximum atomic E-state index is 13.4. The van der Waals surface area contributed by atoms with Crippen molar-refractivity contribution in [1.82, 2.24) is 0 Å². The van der Waals surface area contributed by atoms with E-state index in [0.717, 1.165) is 21.6 Å². The summed E-state index contributed by atoms with van der Waals surface area (Å²) in [6.07, 6.45) is -7.54. The second-order valence-corrected chi connectivity index (χ2v) is 14.7. The monoisotopic (exact) mass is 782 g/mol. The Labute approximate surface area is 330 Å². The van der Waals surface area contributed by atoms with Gasteiger partial charge in [0.2, 0.25) is 5.91 Å². The molecular formula is C42H46N4O9S. The summed E-state index contributed by atoms with van der Waals surface area (Å²) >= 11 is 1.25. The van der Waals surface area contributed by atoms with Gasteiger partial charge in [-0.1, -0.05) is 133 Å². The molecule has 0 bridgehead atoms.